The molecule has 2 nitrogen and oxygen atoms in total. The first-order chi connectivity index (χ1) is 13.7. The van der Waals surface area contributed by atoms with Crippen molar-refractivity contribution in [3.05, 3.63) is 47.9 Å². The van der Waals surface area contributed by atoms with Crippen molar-refractivity contribution in [1.82, 2.24) is 0 Å². The molecule has 0 aromatic heterocycles. The SMILES string of the molecule is CCCC.Cc1ccc(C#N)cc1C.[CH2-]CO[C-]1CCC(F)(F)C(CCCC)C1.[U+2]. The maximum atomic E-state index is 13.5. The molecule has 0 bridgehead atoms. The zero-order valence-corrected chi connectivity index (χ0v) is 23.7. The zero-order valence-electron chi connectivity index (χ0n) is 19.5. The molecule has 1 fully saturated rings. The Kier molecular flexibility index (Phi) is 19.3. The van der Waals surface area contributed by atoms with Crippen molar-refractivity contribution in [3.63, 3.8) is 0 Å². The number of ether oxygens (including phenoxy) is 1. The first-order valence-electron chi connectivity index (χ1n) is 10.9. The van der Waals surface area contributed by atoms with E-state index in [2.05, 4.69) is 26.8 Å². The van der Waals surface area contributed by atoms with Gasteiger partial charge in [0.2, 0.25) is 5.92 Å². The van der Waals surface area contributed by atoms with Crippen LogP contribution >= 0.6 is 0 Å². The Balaban J connectivity index is 0. The monoisotopic (exact) mass is 645 g/mol. The molecule has 1 aromatic rings. The largest absolute Gasteiger partial charge is 2.00 e. The van der Waals surface area contributed by atoms with Gasteiger partial charge >= 0.3 is 31.1 Å². The summed E-state index contributed by atoms with van der Waals surface area (Å²) < 4.78 is 32.3. The molecule has 1 aliphatic rings. The maximum Gasteiger partial charge on any atom is 2.00 e. The first kappa shape index (κ1) is 31.8. The van der Waals surface area contributed by atoms with Crippen LogP contribution in [0.15, 0.2) is 18.2 Å². The summed E-state index contributed by atoms with van der Waals surface area (Å²) in [4.78, 5) is 0. The predicted molar refractivity (Wildman–Crippen MR) is 118 cm³/mol. The Morgan fingerprint density at radius 3 is 2.27 bits per heavy atom. The molecule has 168 valence electrons. The van der Waals surface area contributed by atoms with Crippen molar-refractivity contribution >= 4 is 0 Å². The summed E-state index contributed by atoms with van der Waals surface area (Å²) >= 11 is 0. The van der Waals surface area contributed by atoms with Gasteiger partial charge in [-0.2, -0.15) is 11.4 Å². The van der Waals surface area contributed by atoms with Gasteiger partial charge in [0.1, 0.15) is 0 Å². The summed E-state index contributed by atoms with van der Waals surface area (Å²) in [5.41, 5.74) is 3.15. The number of aryl methyl sites for hydroxylation is 2. The van der Waals surface area contributed by atoms with Gasteiger partial charge < -0.3 is 11.7 Å². The summed E-state index contributed by atoms with van der Waals surface area (Å²) in [6.45, 7) is 14.4. The number of halogens is 2. The van der Waals surface area contributed by atoms with Crippen molar-refractivity contribution < 1.29 is 44.6 Å². The van der Waals surface area contributed by atoms with Gasteiger partial charge in [0.05, 0.1) is 11.6 Å². The predicted octanol–water partition coefficient (Wildman–Crippen LogP) is 7.98. The molecule has 1 atom stereocenters. The van der Waals surface area contributed by atoms with Crippen LogP contribution in [0.5, 0.6) is 0 Å². The third kappa shape index (κ3) is 13.1. The van der Waals surface area contributed by atoms with Gasteiger partial charge in [-0.15, -0.1) is 19.4 Å². The standard InChI is InChI=1S/C12H20F2O.C9H9N.C4H10.U/c1-3-5-6-10-9-11(15-4-2)7-8-12(10,13)14;1-7-3-4-9(6-10)5-8(7)2;1-3-4-2;/h10H,2-9H2,1H3;3-5H,1-2H3;3-4H2,1-2H3;/q-2;;;+2. The normalized spacial score (nSPS) is 17.4. The molecule has 0 spiro atoms. The summed E-state index contributed by atoms with van der Waals surface area (Å²) in [7, 11) is 0. The van der Waals surface area contributed by atoms with E-state index in [0.717, 1.165) is 24.5 Å². The Morgan fingerprint density at radius 1 is 1.17 bits per heavy atom. The van der Waals surface area contributed by atoms with Gasteiger partial charge in [-0.05, 0) is 55.9 Å². The van der Waals surface area contributed by atoms with Crippen molar-refractivity contribution in [3.8, 4) is 6.07 Å². The van der Waals surface area contributed by atoms with Crippen LogP contribution in [0.2, 0.25) is 0 Å². The van der Waals surface area contributed by atoms with Gasteiger partial charge in [-0.1, -0.05) is 52.5 Å². The summed E-state index contributed by atoms with van der Waals surface area (Å²) in [5, 5.41) is 8.50. The van der Waals surface area contributed by atoms with Crippen LogP contribution in [0.25, 0.3) is 0 Å². The van der Waals surface area contributed by atoms with Crippen LogP contribution in [-0.4, -0.2) is 12.5 Å². The Morgan fingerprint density at radius 2 is 1.80 bits per heavy atom. The number of nitriles is 1. The molecule has 0 radical (unpaired) electrons. The summed E-state index contributed by atoms with van der Waals surface area (Å²) in [6.07, 6.45) is 6.66. The Bertz CT molecular complexity index is 599. The number of hydrogen-bond acceptors (Lipinski definition) is 2. The maximum absolute atomic E-state index is 13.5. The second kappa shape index (κ2) is 18.2. The van der Waals surface area contributed by atoms with Crippen LogP contribution in [0.1, 0.15) is 88.8 Å². The Hall–Kier alpha value is -0.418. The number of alkyl halides is 2. The molecule has 1 aliphatic carbocycles. The average molecular weight is 646 g/mol. The molecular weight excluding hydrogens is 606 g/mol. The van der Waals surface area contributed by atoms with Crippen LogP contribution in [-0.2, 0) is 4.74 Å². The van der Waals surface area contributed by atoms with E-state index in [4.69, 9.17) is 10.00 Å². The minimum atomic E-state index is -2.50. The zero-order chi connectivity index (χ0) is 22.3. The van der Waals surface area contributed by atoms with Gasteiger partial charge in [0.25, 0.3) is 0 Å². The number of unbranched alkanes of at least 4 members (excludes halogenated alkanes) is 2. The number of benzene rings is 1. The fourth-order valence-corrected chi connectivity index (χ4v) is 2.89. The van der Waals surface area contributed by atoms with E-state index < -0.39 is 11.8 Å². The van der Waals surface area contributed by atoms with Gasteiger partial charge in [0, 0.05) is 0 Å². The molecule has 2 rings (SSSR count). The summed E-state index contributed by atoms with van der Waals surface area (Å²) in [5.74, 6) is -3.02. The average Bonchev–Trinajstić information content (AvgIpc) is 2.71. The third-order valence-electron chi connectivity index (χ3n) is 5.16. The number of hydrogen-bond donors (Lipinski definition) is 0. The number of nitrogens with zero attached hydrogens (tertiary/aromatic N) is 1. The molecule has 0 aliphatic heterocycles. The first-order valence-corrected chi connectivity index (χ1v) is 10.9. The van der Waals surface area contributed by atoms with E-state index in [0.29, 0.717) is 25.9 Å². The van der Waals surface area contributed by atoms with Crippen molar-refractivity contribution in [1.29, 1.82) is 5.26 Å². The quantitative estimate of drug-likeness (QED) is 0.294. The van der Waals surface area contributed by atoms with E-state index in [1.54, 1.807) is 0 Å². The second-order valence-corrected chi connectivity index (χ2v) is 7.60. The van der Waals surface area contributed by atoms with Crippen LogP contribution in [0.4, 0.5) is 8.78 Å². The fourth-order valence-electron chi connectivity index (χ4n) is 2.89. The molecule has 1 saturated carbocycles. The molecule has 0 heterocycles. The van der Waals surface area contributed by atoms with Crippen LogP contribution < -0.4 is 0 Å². The van der Waals surface area contributed by atoms with E-state index >= 15 is 0 Å². The van der Waals surface area contributed by atoms with Crippen molar-refractivity contribution in [2.45, 2.75) is 91.9 Å². The van der Waals surface area contributed by atoms with E-state index in [9.17, 15) is 8.78 Å². The number of rotatable bonds is 6. The molecule has 30 heavy (non-hydrogen) atoms. The molecule has 0 amide bonds. The minimum absolute atomic E-state index is 0. The van der Waals surface area contributed by atoms with E-state index in [1.807, 2.05) is 39.0 Å². The van der Waals surface area contributed by atoms with Crippen molar-refractivity contribution in [2.75, 3.05) is 6.61 Å². The third-order valence-corrected chi connectivity index (χ3v) is 5.16. The van der Waals surface area contributed by atoms with E-state index in [1.165, 1.54) is 24.0 Å². The van der Waals surface area contributed by atoms with Crippen molar-refractivity contribution in [2.24, 2.45) is 5.92 Å². The van der Waals surface area contributed by atoms with Gasteiger partial charge in [-0.25, -0.2) is 8.78 Å². The van der Waals surface area contributed by atoms with Crippen LogP contribution in [0, 0.1) is 75.2 Å². The fraction of sp³-hybridized carbons (Fsp3) is 0.640. The van der Waals surface area contributed by atoms with Crippen LogP contribution in [0.3, 0.4) is 0 Å². The summed E-state index contributed by atoms with van der Waals surface area (Å²) in [6, 6.07) is 7.79. The van der Waals surface area contributed by atoms with Gasteiger partial charge in [0.15, 0.2) is 0 Å². The van der Waals surface area contributed by atoms with E-state index in [-0.39, 0.29) is 37.5 Å². The second-order valence-electron chi connectivity index (χ2n) is 7.60. The van der Waals surface area contributed by atoms with Gasteiger partial charge in [-0.3, -0.25) is 0 Å². The molecule has 0 saturated heterocycles. The minimum Gasteiger partial charge on any atom is -0.575 e. The Labute approximate surface area is 207 Å². The topological polar surface area (TPSA) is 33.0 Å². The molecule has 1 aromatic carbocycles. The smallest absolute Gasteiger partial charge is 0.575 e. The molecule has 5 heteroatoms. The molecule has 1 unspecified atom stereocenters. The molecular formula is C25H39F2NOU. The molecule has 0 N–H and O–H groups in total.